The van der Waals surface area contributed by atoms with Gasteiger partial charge in [-0.25, -0.2) is 19.9 Å². The Balaban J connectivity index is 1.15. The molecule has 0 saturated heterocycles. The molecule has 0 aliphatic heterocycles. The van der Waals surface area contributed by atoms with Crippen molar-refractivity contribution >= 4 is 65.4 Å². The quantitative estimate of drug-likeness (QED) is 0.187. The summed E-state index contributed by atoms with van der Waals surface area (Å²) in [5, 5.41) is 9.06. The first-order chi connectivity index (χ1) is 25.8. The van der Waals surface area contributed by atoms with E-state index in [4.69, 9.17) is 19.4 Å². The van der Waals surface area contributed by atoms with E-state index in [0.29, 0.717) is 23.2 Å². The SMILES string of the molecule is c1cc(-c2nc(-c3ccc4ccccc4c3)nc(-c3cccc4oc5ncccc5c34)n2)cc(-n2c3ccccc3c3c4ccccc4ccc32)c1. The van der Waals surface area contributed by atoms with E-state index in [-0.39, 0.29) is 0 Å². The molecule has 0 spiro atoms. The fraction of sp³-hybridized carbons (Fsp3) is 0. The van der Waals surface area contributed by atoms with Crippen molar-refractivity contribution in [3.8, 4) is 39.9 Å². The number of hydrogen-bond acceptors (Lipinski definition) is 5. The molecule has 0 aliphatic carbocycles. The van der Waals surface area contributed by atoms with Gasteiger partial charge >= 0.3 is 0 Å². The molecular weight excluding hydrogens is 639 g/mol. The van der Waals surface area contributed by atoms with Crippen LogP contribution in [0.3, 0.4) is 0 Å². The minimum absolute atomic E-state index is 0.569. The van der Waals surface area contributed by atoms with Crippen LogP contribution in [0.5, 0.6) is 0 Å². The van der Waals surface area contributed by atoms with Crippen LogP contribution in [-0.2, 0) is 0 Å². The third kappa shape index (κ3) is 4.38. The standard InChI is InChI=1S/C46H27N5O/c1-2-12-30-26-32(22-21-28(30)10-1)44-48-43(49-45(50-44)36-17-8-20-40-42(36)37-18-9-25-47-46(37)52-40)31-13-7-14-33(27-31)51-38-19-6-5-16-35(38)41-34-15-4-3-11-29(34)23-24-39(41)51/h1-27H. The molecule has 0 bridgehead atoms. The van der Waals surface area contributed by atoms with E-state index in [2.05, 4.69) is 137 Å². The molecule has 0 unspecified atom stereocenters. The maximum atomic E-state index is 6.16. The molecule has 0 atom stereocenters. The van der Waals surface area contributed by atoms with Gasteiger partial charge in [-0.15, -0.1) is 0 Å². The number of para-hydroxylation sites is 1. The number of hydrogen-bond donors (Lipinski definition) is 0. The van der Waals surface area contributed by atoms with Gasteiger partial charge in [-0.1, -0.05) is 109 Å². The van der Waals surface area contributed by atoms with Crippen molar-refractivity contribution in [2.24, 2.45) is 0 Å². The van der Waals surface area contributed by atoms with Crippen LogP contribution in [0, 0.1) is 0 Å². The second kappa shape index (κ2) is 11.2. The van der Waals surface area contributed by atoms with Crippen molar-refractivity contribution in [1.29, 1.82) is 0 Å². The first kappa shape index (κ1) is 28.6. The molecule has 6 heteroatoms. The van der Waals surface area contributed by atoms with Gasteiger partial charge in [-0.05, 0) is 70.1 Å². The molecule has 242 valence electrons. The molecule has 4 aromatic heterocycles. The Hall–Kier alpha value is -7.18. The summed E-state index contributed by atoms with van der Waals surface area (Å²) in [6.45, 7) is 0. The summed E-state index contributed by atoms with van der Waals surface area (Å²) >= 11 is 0. The van der Waals surface area contributed by atoms with Crippen molar-refractivity contribution in [1.82, 2.24) is 24.5 Å². The molecule has 0 N–H and O–H groups in total. The van der Waals surface area contributed by atoms with E-state index < -0.39 is 0 Å². The van der Waals surface area contributed by atoms with Crippen LogP contribution in [-0.4, -0.2) is 24.5 Å². The number of fused-ring (bicyclic) bond motifs is 9. The smallest absolute Gasteiger partial charge is 0.227 e. The highest BCUT2D eigenvalue weighted by molar-refractivity contribution is 6.21. The molecule has 0 amide bonds. The Morgan fingerprint density at radius 2 is 1.15 bits per heavy atom. The number of rotatable bonds is 4. The Kier molecular flexibility index (Phi) is 6.15. The van der Waals surface area contributed by atoms with Crippen LogP contribution in [0.1, 0.15) is 0 Å². The van der Waals surface area contributed by atoms with Crippen LogP contribution in [0.15, 0.2) is 168 Å². The van der Waals surface area contributed by atoms with Gasteiger partial charge in [0, 0.05) is 50.1 Å². The Morgan fingerprint density at radius 1 is 0.442 bits per heavy atom. The Morgan fingerprint density at radius 3 is 2.06 bits per heavy atom. The summed E-state index contributed by atoms with van der Waals surface area (Å²) in [7, 11) is 0. The molecule has 6 nitrogen and oxygen atoms in total. The third-order valence-corrected chi connectivity index (χ3v) is 10.1. The van der Waals surface area contributed by atoms with Crippen LogP contribution in [0.25, 0.3) is 105 Å². The maximum Gasteiger partial charge on any atom is 0.227 e. The molecule has 0 saturated carbocycles. The van der Waals surface area contributed by atoms with Crippen molar-refractivity contribution in [3.05, 3.63) is 164 Å². The first-order valence-electron chi connectivity index (χ1n) is 17.3. The zero-order valence-corrected chi connectivity index (χ0v) is 27.7. The van der Waals surface area contributed by atoms with E-state index in [0.717, 1.165) is 60.5 Å². The van der Waals surface area contributed by atoms with Crippen LogP contribution in [0.2, 0.25) is 0 Å². The largest absolute Gasteiger partial charge is 0.438 e. The number of furan rings is 1. The molecule has 7 aromatic carbocycles. The lowest BCUT2D eigenvalue weighted by Crippen LogP contribution is -2.01. The minimum atomic E-state index is 0.569. The first-order valence-corrected chi connectivity index (χ1v) is 17.3. The average molecular weight is 666 g/mol. The maximum absolute atomic E-state index is 6.16. The van der Waals surface area contributed by atoms with Crippen LogP contribution < -0.4 is 0 Å². The van der Waals surface area contributed by atoms with Crippen molar-refractivity contribution < 1.29 is 4.42 Å². The van der Waals surface area contributed by atoms with Gasteiger partial charge in [0.15, 0.2) is 17.5 Å². The fourth-order valence-electron chi connectivity index (χ4n) is 7.73. The summed E-state index contributed by atoms with van der Waals surface area (Å²) in [5.41, 5.74) is 7.31. The lowest BCUT2D eigenvalue weighted by molar-refractivity contribution is 0.654. The lowest BCUT2D eigenvalue weighted by Gasteiger charge is -2.12. The van der Waals surface area contributed by atoms with Crippen molar-refractivity contribution in [2.75, 3.05) is 0 Å². The summed E-state index contributed by atoms with van der Waals surface area (Å²) in [6.07, 6.45) is 1.75. The highest BCUT2D eigenvalue weighted by atomic mass is 16.3. The van der Waals surface area contributed by atoms with Gasteiger partial charge in [0.1, 0.15) is 5.58 Å². The van der Waals surface area contributed by atoms with Crippen molar-refractivity contribution in [3.63, 3.8) is 0 Å². The molecular formula is C46H27N5O. The highest BCUT2D eigenvalue weighted by Crippen LogP contribution is 2.39. The lowest BCUT2D eigenvalue weighted by atomic mass is 10.0. The predicted octanol–water partition coefficient (Wildman–Crippen LogP) is 11.6. The topological polar surface area (TPSA) is 69.6 Å². The van der Waals surface area contributed by atoms with Crippen molar-refractivity contribution in [2.45, 2.75) is 0 Å². The normalized spacial score (nSPS) is 11.8. The average Bonchev–Trinajstić information content (AvgIpc) is 3.77. The Bertz CT molecular complexity index is 3210. The second-order valence-electron chi connectivity index (χ2n) is 13.1. The van der Waals surface area contributed by atoms with E-state index in [9.17, 15) is 0 Å². The molecule has 0 fully saturated rings. The van der Waals surface area contributed by atoms with E-state index in [1.54, 1.807) is 6.20 Å². The van der Waals surface area contributed by atoms with E-state index >= 15 is 0 Å². The molecule has 0 aliphatic rings. The molecule has 4 heterocycles. The summed E-state index contributed by atoms with van der Waals surface area (Å²) in [4.78, 5) is 20.0. The number of aromatic nitrogens is 5. The van der Waals surface area contributed by atoms with Gasteiger partial charge in [0.2, 0.25) is 5.71 Å². The van der Waals surface area contributed by atoms with Gasteiger partial charge in [-0.2, -0.15) is 0 Å². The molecule has 11 aromatic rings. The highest BCUT2D eigenvalue weighted by Gasteiger charge is 2.20. The van der Waals surface area contributed by atoms with Gasteiger partial charge in [0.25, 0.3) is 0 Å². The second-order valence-corrected chi connectivity index (χ2v) is 13.1. The van der Waals surface area contributed by atoms with Gasteiger partial charge in [-0.3, -0.25) is 0 Å². The predicted molar refractivity (Wildman–Crippen MR) is 211 cm³/mol. The van der Waals surface area contributed by atoms with E-state index in [1.807, 2.05) is 30.3 Å². The zero-order valence-electron chi connectivity index (χ0n) is 27.7. The Labute approximate surface area is 297 Å². The summed E-state index contributed by atoms with van der Waals surface area (Å²) in [6, 6.07) is 54.8. The minimum Gasteiger partial charge on any atom is -0.438 e. The molecule has 52 heavy (non-hydrogen) atoms. The van der Waals surface area contributed by atoms with E-state index in [1.165, 1.54) is 21.5 Å². The molecule has 0 radical (unpaired) electrons. The third-order valence-electron chi connectivity index (χ3n) is 10.1. The number of benzene rings is 7. The fourth-order valence-corrected chi connectivity index (χ4v) is 7.73. The monoisotopic (exact) mass is 665 g/mol. The summed E-state index contributed by atoms with van der Waals surface area (Å²) in [5.74, 6) is 1.76. The summed E-state index contributed by atoms with van der Waals surface area (Å²) < 4.78 is 8.51. The van der Waals surface area contributed by atoms with Crippen LogP contribution in [0.4, 0.5) is 0 Å². The zero-order chi connectivity index (χ0) is 34.2. The van der Waals surface area contributed by atoms with Gasteiger partial charge in [0.05, 0.1) is 11.0 Å². The van der Waals surface area contributed by atoms with Crippen LogP contribution >= 0.6 is 0 Å². The number of pyridine rings is 1. The molecule has 11 rings (SSSR count). The van der Waals surface area contributed by atoms with Gasteiger partial charge < -0.3 is 8.98 Å². The number of nitrogens with zero attached hydrogens (tertiary/aromatic N) is 5.